The summed E-state index contributed by atoms with van der Waals surface area (Å²) in [6.07, 6.45) is 3.57. The highest BCUT2D eigenvalue weighted by Gasteiger charge is 2.53. The van der Waals surface area contributed by atoms with Gasteiger partial charge in [-0.2, -0.15) is 0 Å². The van der Waals surface area contributed by atoms with Gasteiger partial charge in [0.2, 0.25) is 0 Å². The molecule has 0 spiro atoms. The second-order valence-electron chi connectivity index (χ2n) is 7.94. The Morgan fingerprint density at radius 1 is 1.17 bits per heavy atom. The van der Waals surface area contributed by atoms with Gasteiger partial charge in [0.25, 0.3) is 0 Å². The average molecular weight is 436 g/mol. The largest absolute Gasteiger partial charge is 0.374 e. The van der Waals surface area contributed by atoms with Crippen molar-refractivity contribution in [1.82, 2.24) is 15.5 Å². The number of halogens is 1. The van der Waals surface area contributed by atoms with Gasteiger partial charge >= 0.3 is 0 Å². The zero-order valence-electron chi connectivity index (χ0n) is 15.0. The maximum absolute atomic E-state index is 6.07. The maximum atomic E-state index is 6.07. The summed E-state index contributed by atoms with van der Waals surface area (Å²) in [5, 5.41) is 6.97. The van der Waals surface area contributed by atoms with E-state index in [0.29, 0.717) is 12.2 Å². The normalized spacial score (nSPS) is 32.9. The lowest BCUT2D eigenvalue weighted by atomic mass is 9.82. The van der Waals surface area contributed by atoms with E-state index in [-0.39, 0.29) is 29.5 Å². The lowest BCUT2D eigenvalue weighted by Crippen LogP contribution is -2.42. The molecular formula is C17H33IN4O. The highest BCUT2D eigenvalue weighted by atomic mass is 127. The predicted octanol–water partition coefficient (Wildman–Crippen LogP) is 2.07. The van der Waals surface area contributed by atoms with E-state index in [1.165, 1.54) is 12.8 Å². The Morgan fingerprint density at radius 3 is 2.30 bits per heavy atom. The first-order valence-electron chi connectivity index (χ1n) is 8.91. The Bertz CT molecular complexity index is 405. The molecule has 2 N–H and O–H groups in total. The van der Waals surface area contributed by atoms with E-state index in [1.54, 1.807) is 0 Å². The first kappa shape index (κ1) is 19.2. The topological polar surface area (TPSA) is 48.9 Å². The van der Waals surface area contributed by atoms with Crippen LogP contribution >= 0.6 is 24.0 Å². The summed E-state index contributed by atoms with van der Waals surface area (Å²) < 4.78 is 6.07. The van der Waals surface area contributed by atoms with Gasteiger partial charge in [-0.25, -0.2) is 0 Å². The predicted molar refractivity (Wildman–Crippen MR) is 106 cm³/mol. The summed E-state index contributed by atoms with van der Waals surface area (Å²) in [6.45, 7) is 13.6. The summed E-state index contributed by atoms with van der Waals surface area (Å²) in [7, 11) is 0. The van der Waals surface area contributed by atoms with Crippen LogP contribution < -0.4 is 10.6 Å². The van der Waals surface area contributed by atoms with Crippen molar-refractivity contribution in [2.45, 2.75) is 58.3 Å². The van der Waals surface area contributed by atoms with Crippen molar-refractivity contribution in [2.75, 3.05) is 32.7 Å². The smallest absolute Gasteiger partial charge is 0.193 e. The van der Waals surface area contributed by atoms with E-state index in [0.717, 1.165) is 50.5 Å². The van der Waals surface area contributed by atoms with Crippen molar-refractivity contribution in [1.29, 1.82) is 0 Å². The van der Waals surface area contributed by atoms with E-state index < -0.39 is 0 Å². The van der Waals surface area contributed by atoms with Gasteiger partial charge in [0.05, 0.1) is 18.8 Å². The van der Waals surface area contributed by atoms with E-state index >= 15 is 0 Å². The van der Waals surface area contributed by atoms with Gasteiger partial charge in [0, 0.05) is 43.6 Å². The number of nitrogens with one attached hydrogen (secondary N) is 2. The first-order valence-corrected chi connectivity index (χ1v) is 8.91. The molecule has 134 valence electrons. The van der Waals surface area contributed by atoms with Crippen LogP contribution in [0.3, 0.4) is 0 Å². The van der Waals surface area contributed by atoms with Gasteiger partial charge in [0.1, 0.15) is 0 Å². The molecule has 3 heterocycles. The molecule has 0 aliphatic carbocycles. The minimum absolute atomic E-state index is 0. The fraction of sp³-hybridized carbons (Fsp3) is 0.941. The van der Waals surface area contributed by atoms with E-state index in [1.807, 2.05) is 0 Å². The van der Waals surface area contributed by atoms with Crippen molar-refractivity contribution in [2.24, 2.45) is 16.8 Å². The van der Waals surface area contributed by atoms with Crippen LogP contribution in [0.1, 0.15) is 40.5 Å². The maximum Gasteiger partial charge on any atom is 0.193 e. The lowest BCUT2D eigenvalue weighted by molar-refractivity contribution is 0.0767. The summed E-state index contributed by atoms with van der Waals surface area (Å²) in [5.74, 6) is 2.55. The molecule has 3 rings (SSSR count). The molecule has 0 radical (unpaired) electrons. The number of hydrogen-bond donors (Lipinski definition) is 2. The standard InChI is InChI=1S/C17H32N4O.HI/c1-5-18-16(19-8-9-20-17(2,3)4)21-10-12-13(11-21)15-7-6-14(12)22-15;/h12-15,20H,5-11H2,1-4H3,(H,18,19);1H. The fourth-order valence-corrected chi connectivity index (χ4v) is 4.15. The fourth-order valence-electron chi connectivity index (χ4n) is 4.15. The molecule has 0 aromatic heterocycles. The molecule has 3 fully saturated rings. The Labute approximate surface area is 158 Å². The summed E-state index contributed by atoms with van der Waals surface area (Å²) in [6, 6.07) is 0. The summed E-state index contributed by atoms with van der Waals surface area (Å²) in [5.41, 5.74) is 0.162. The molecule has 0 saturated carbocycles. The number of likely N-dealkylation sites (tertiary alicyclic amines) is 1. The molecule has 5 nitrogen and oxygen atoms in total. The third-order valence-corrected chi connectivity index (χ3v) is 5.12. The van der Waals surface area contributed by atoms with E-state index in [9.17, 15) is 0 Å². The second kappa shape index (κ2) is 7.87. The highest BCUT2D eigenvalue weighted by Crippen LogP contribution is 2.47. The highest BCUT2D eigenvalue weighted by molar-refractivity contribution is 14.0. The molecule has 3 aliphatic heterocycles. The van der Waals surface area contributed by atoms with Crippen LogP contribution in [0.2, 0.25) is 0 Å². The molecular weight excluding hydrogens is 403 g/mol. The minimum Gasteiger partial charge on any atom is -0.374 e. The van der Waals surface area contributed by atoms with Gasteiger partial charge in [0.15, 0.2) is 5.96 Å². The van der Waals surface area contributed by atoms with Crippen molar-refractivity contribution in [3.63, 3.8) is 0 Å². The van der Waals surface area contributed by atoms with Crippen molar-refractivity contribution in [3.05, 3.63) is 0 Å². The number of guanidine groups is 1. The van der Waals surface area contributed by atoms with Crippen LogP contribution in [0, 0.1) is 11.8 Å². The SMILES string of the molecule is CCNC(=NCCNC(C)(C)C)N1CC2C3CCC(O3)C2C1.I. The van der Waals surface area contributed by atoms with Crippen LogP contribution in [0.4, 0.5) is 0 Å². The number of hydrogen-bond acceptors (Lipinski definition) is 3. The monoisotopic (exact) mass is 436 g/mol. The molecule has 3 saturated heterocycles. The number of aliphatic imine (C=N–C) groups is 1. The van der Waals surface area contributed by atoms with Gasteiger partial charge in [-0.15, -0.1) is 24.0 Å². The van der Waals surface area contributed by atoms with Crippen molar-refractivity contribution in [3.8, 4) is 0 Å². The zero-order chi connectivity index (χ0) is 15.7. The molecule has 4 unspecified atom stereocenters. The van der Waals surface area contributed by atoms with Crippen LogP contribution in [-0.4, -0.2) is 61.3 Å². The van der Waals surface area contributed by atoms with Gasteiger partial charge in [-0.3, -0.25) is 4.99 Å². The second-order valence-corrected chi connectivity index (χ2v) is 7.94. The zero-order valence-corrected chi connectivity index (χ0v) is 17.3. The third-order valence-electron chi connectivity index (χ3n) is 5.12. The van der Waals surface area contributed by atoms with Crippen LogP contribution in [0.25, 0.3) is 0 Å². The molecule has 6 heteroatoms. The number of nitrogens with zero attached hydrogens (tertiary/aromatic N) is 2. The Morgan fingerprint density at radius 2 is 1.78 bits per heavy atom. The van der Waals surface area contributed by atoms with E-state index in [2.05, 4.69) is 43.2 Å². The first-order chi connectivity index (χ1) is 10.5. The van der Waals surface area contributed by atoms with Crippen LogP contribution in [-0.2, 0) is 4.74 Å². The molecule has 4 atom stereocenters. The molecule has 3 aliphatic rings. The van der Waals surface area contributed by atoms with Crippen LogP contribution in [0.5, 0.6) is 0 Å². The molecule has 0 aromatic carbocycles. The van der Waals surface area contributed by atoms with Crippen molar-refractivity contribution >= 4 is 29.9 Å². The van der Waals surface area contributed by atoms with Gasteiger partial charge in [-0.05, 0) is 40.5 Å². The average Bonchev–Trinajstić information content (AvgIpc) is 3.11. The van der Waals surface area contributed by atoms with Gasteiger partial charge < -0.3 is 20.3 Å². The third kappa shape index (κ3) is 4.51. The summed E-state index contributed by atoms with van der Waals surface area (Å²) in [4.78, 5) is 7.29. The molecule has 0 aromatic rings. The number of ether oxygens (including phenoxy) is 1. The molecule has 0 amide bonds. The van der Waals surface area contributed by atoms with Crippen molar-refractivity contribution < 1.29 is 4.74 Å². The Hall–Kier alpha value is -0.0800. The minimum atomic E-state index is 0. The Balaban J connectivity index is 0.00000192. The van der Waals surface area contributed by atoms with Crippen LogP contribution in [0.15, 0.2) is 4.99 Å². The number of rotatable bonds is 4. The number of fused-ring (bicyclic) bond motifs is 5. The quantitative estimate of drug-likeness (QED) is 0.307. The summed E-state index contributed by atoms with van der Waals surface area (Å²) >= 11 is 0. The van der Waals surface area contributed by atoms with E-state index in [4.69, 9.17) is 9.73 Å². The Kier molecular flexibility index (Phi) is 6.58. The molecule has 23 heavy (non-hydrogen) atoms. The molecule has 2 bridgehead atoms. The lowest BCUT2D eigenvalue weighted by Gasteiger charge is -2.24. The van der Waals surface area contributed by atoms with Gasteiger partial charge in [-0.1, -0.05) is 0 Å².